The maximum absolute atomic E-state index is 12.5. The third-order valence-corrected chi connectivity index (χ3v) is 4.96. The van der Waals surface area contributed by atoms with Gasteiger partial charge >= 0.3 is 6.18 Å². The van der Waals surface area contributed by atoms with Gasteiger partial charge in [0.1, 0.15) is 7.05 Å². The van der Waals surface area contributed by atoms with Gasteiger partial charge in [-0.1, -0.05) is 29.5 Å². The van der Waals surface area contributed by atoms with E-state index >= 15 is 0 Å². The lowest BCUT2D eigenvalue weighted by Crippen LogP contribution is -2.26. The van der Waals surface area contributed by atoms with Crippen LogP contribution in [-0.2, 0) is 11.6 Å². The Balaban J connectivity index is 1.80. The molecule has 0 saturated carbocycles. The Morgan fingerprint density at radius 2 is 1.92 bits per heavy atom. The number of anilines is 1. The Morgan fingerprint density at radius 3 is 2.54 bits per heavy atom. The minimum Gasteiger partial charge on any atom is -0.336 e. The monoisotopic (exact) mass is 353 g/mol. The molecular formula is C16H16F3N4S+. The minimum atomic E-state index is -4.47. The quantitative estimate of drug-likeness (QED) is 0.841. The Hall–Kier alpha value is -2.22. The van der Waals surface area contributed by atoms with E-state index in [4.69, 9.17) is 0 Å². The van der Waals surface area contributed by atoms with E-state index < -0.39 is 11.2 Å². The highest BCUT2D eigenvalue weighted by Gasteiger charge is 2.42. The van der Waals surface area contributed by atoms with Crippen LogP contribution in [0.3, 0.4) is 0 Å². The number of benzene rings is 1. The van der Waals surface area contributed by atoms with Gasteiger partial charge in [-0.05, 0) is 13.8 Å². The Morgan fingerprint density at radius 1 is 1.21 bits per heavy atom. The predicted molar refractivity (Wildman–Crippen MR) is 88.0 cm³/mol. The van der Waals surface area contributed by atoms with Crippen molar-refractivity contribution < 1.29 is 17.7 Å². The van der Waals surface area contributed by atoms with Crippen molar-refractivity contribution in [2.75, 3.05) is 12.4 Å². The third kappa shape index (κ3) is 2.82. The number of hydrogen-bond donors (Lipinski definition) is 1. The molecule has 1 aromatic carbocycles. The van der Waals surface area contributed by atoms with Gasteiger partial charge in [-0.2, -0.15) is 17.7 Å². The summed E-state index contributed by atoms with van der Waals surface area (Å²) in [6.45, 7) is 4.23. The average molecular weight is 353 g/mol. The van der Waals surface area contributed by atoms with Crippen LogP contribution in [0.1, 0.15) is 24.4 Å². The summed E-state index contributed by atoms with van der Waals surface area (Å²) in [5, 5.41) is 8.56. The zero-order valence-corrected chi connectivity index (χ0v) is 14.2. The summed E-state index contributed by atoms with van der Waals surface area (Å²) in [4.78, 5) is 0. The normalized spacial score (nSPS) is 16.8. The first-order valence-electron chi connectivity index (χ1n) is 7.25. The van der Waals surface area contributed by atoms with Crippen molar-refractivity contribution in [1.82, 2.24) is 10.2 Å². The van der Waals surface area contributed by atoms with Crippen molar-refractivity contribution in [2.45, 2.75) is 25.4 Å². The number of para-hydroxylation sites is 1. The number of hydrogen-bond acceptors (Lipinski definition) is 4. The van der Waals surface area contributed by atoms with E-state index in [-0.39, 0.29) is 10.5 Å². The lowest BCUT2D eigenvalue weighted by molar-refractivity contribution is -0.401. The van der Waals surface area contributed by atoms with Gasteiger partial charge in [-0.25, -0.2) is 0 Å². The first kappa shape index (κ1) is 16.6. The number of fused-ring (bicyclic) bond motifs is 1. The van der Waals surface area contributed by atoms with Gasteiger partial charge in [-0.3, -0.25) is 0 Å². The summed E-state index contributed by atoms with van der Waals surface area (Å²) >= 11 is 0.478. The first-order valence-corrected chi connectivity index (χ1v) is 8.07. The molecule has 0 spiro atoms. The van der Waals surface area contributed by atoms with Gasteiger partial charge in [0.15, 0.2) is 5.71 Å². The second-order valence-electron chi connectivity index (χ2n) is 5.97. The molecule has 1 aliphatic heterocycles. The summed E-state index contributed by atoms with van der Waals surface area (Å²) in [5.74, 6) is 0. The fourth-order valence-electron chi connectivity index (χ4n) is 2.89. The highest BCUT2D eigenvalue weighted by molar-refractivity contribution is 7.15. The molecule has 0 fully saturated rings. The topological polar surface area (TPSA) is 40.8 Å². The fourth-order valence-corrected chi connectivity index (χ4v) is 3.48. The average Bonchev–Trinajstić information content (AvgIpc) is 3.05. The molecule has 0 aliphatic carbocycles. The molecule has 126 valence electrons. The van der Waals surface area contributed by atoms with Crippen LogP contribution in [-0.4, -0.2) is 27.5 Å². The third-order valence-electron chi connectivity index (χ3n) is 4.06. The van der Waals surface area contributed by atoms with Gasteiger partial charge in [0.05, 0.1) is 5.41 Å². The van der Waals surface area contributed by atoms with Crippen LogP contribution in [0.25, 0.3) is 0 Å². The van der Waals surface area contributed by atoms with Crippen molar-refractivity contribution in [2.24, 2.45) is 0 Å². The van der Waals surface area contributed by atoms with E-state index in [1.807, 2.05) is 31.3 Å². The fraction of sp³-hybridized carbons (Fsp3) is 0.312. The summed E-state index contributed by atoms with van der Waals surface area (Å²) in [7, 11) is 1.97. The predicted octanol–water partition coefficient (Wildman–Crippen LogP) is 4.19. The highest BCUT2D eigenvalue weighted by atomic mass is 32.1. The van der Waals surface area contributed by atoms with Gasteiger partial charge < -0.3 is 5.32 Å². The number of nitrogens with zero attached hydrogens (tertiary/aromatic N) is 3. The molecule has 2 aromatic rings. The smallest absolute Gasteiger partial charge is 0.336 e. The number of aromatic nitrogens is 2. The minimum absolute atomic E-state index is 0.107. The number of allylic oxidation sites excluding steroid dienone is 1. The molecule has 3 rings (SSSR count). The summed E-state index contributed by atoms with van der Waals surface area (Å²) in [6, 6.07) is 8.11. The van der Waals surface area contributed by atoms with Crippen molar-refractivity contribution in [3.63, 3.8) is 0 Å². The zero-order chi connectivity index (χ0) is 17.5. The maximum Gasteiger partial charge on any atom is 0.445 e. The number of alkyl halides is 3. The Labute approximate surface area is 141 Å². The second kappa shape index (κ2) is 5.70. The molecule has 0 unspecified atom stereocenters. The molecule has 2 heterocycles. The van der Waals surface area contributed by atoms with Gasteiger partial charge in [0, 0.05) is 23.9 Å². The molecule has 0 amide bonds. The van der Waals surface area contributed by atoms with Crippen molar-refractivity contribution in [1.29, 1.82) is 0 Å². The van der Waals surface area contributed by atoms with E-state index in [1.54, 1.807) is 6.20 Å². The second-order valence-corrected chi connectivity index (χ2v) is 6.95. The summed E-state index contributed by atoms with van der Waals surface area (Å²) in [5.41, 5.74) is 3.18. The molecule has 0 bridgehead atoms. The van der Waals surface area contributed by atoms with E-state index in [1.165, 1.54) is 5.56 Å². The standard InChI is InChI=1S/C16H15F3N4S/c1-15(2)10-6-4-5-7-11(10)23(3)12(15)8-9-20-14-22-21-13(24-14)16(17,18)19/h4-9H,1-3H3/p+1. The molecule has 1 aliphatic rings. The highest BCUT2D eigenvalue weighted by Crippen LogP contribution is 2.39. The van der Waals surface area contributed by atoms with Crippen molar-refractivity contribution in [3.8, 4) is 0 Å². The summed E-state index contributed by atoms with van der Waals surface area (Å²) in [6.07, 6.45) is -1.01. The van der Waals surface area contributed by atoms with Crippen LogP contribution in [0.4, 0.5) is 24.0 Å². The van der Waals surface area contributed by atoms with Crippen molar-refractivity contribution in [3.05, 3.63) is 47.1 Å². The SMILES string of the molecule is C[N+]1=C(C=CNc2nnc(C(F)(F)F)s2)C(C)(C)c2ccccc21. The molecule has 4 nitrogen and oxygen atoms in total. The van der Waals surface area contributed by atoms with Gasteiger partial charge in [0.25, 0.3) is 0 Å². The Kier molecular flexibility index (Phi) is 3.95. The van der Waals surface area contributed by atoms with E-state index in [2.05, 4.69) is 40.0 Å². The lowest BCUT2D eigenvalue weighted by atomic mass is 9.81. The molecule has 0 radical (unpaired) electrons. The van der Waals surface area contributed by atoms with Crippen LogP contribution >= 0.6 is 11.3 Å². The molecule has 8 heteroatoms. The van der Waals surface area contributed by atoms with Crippen LogP contribution in [0.5, 0.6) is 0 Å². The zero-order valence-electron chi connectivity index (χ0n) is 13.3. The lowest BCUT2D eigenvalue weighted by Gasteiger charge is -2.15. The molecule has 24 heavy (non-hydrogen) atoms. The van der Waals surface area contributed by atoms with Crippen LogP contribution in [0.15, 0.2) is 36.5 Å². The largest absolute Gasteiger partial charge is 0.445 e. The molecular weight excluding hydrogens is 337 g/mol. The Bertz CT molecular complexity index is 834. The molecule has 0 saturated heterocycles. The van der Waals surface area contributed by atoms with Crippen LogP contribution in [0, 0.1) is 0 Å². The van der Waals surface area contributed by atoms with E-state index in [0.717, 1.165) is 11.4 Å². The number of nitrogens with one attached hydrogen (secondary N) is 1. The molecule has 1 aromatic heterocycles. The van der Waals surface area contributed by atoms with Gasteiger partial charge in [-0.15, -0.1) is 10.2 Å². The first-order chi connectivity index (χ1) is 11.2. The maximum atomic E-state index is 12.5. The van der Waals surface area contributed by atoms with E-state index in [0.29, 0.717) is 11.3 Å². The van der Waals surface area contributed by atoms with Crippen LogP contribution in [0.2, 0.25) is 0 Å². The van der Waals surface area contributed by atoms with Crippen molar-refractivity contribution >= 4 is 27.9 Å². The summed E-state index contributed by atoms with van der Waals surface area (Å²) < 4.78 is 39.7. The van der Waals surface area contributed by atoms with E-state index in [9.17, 15) is 13.2 Å². The molecule has 0 atom stereocenters. The number of rotatable bonds is 3. The van der Waals surface area contributed by atoms with Crippen LogP contribution < -0.4 is 5.32 Å². The van der Waals surface area contributed by atoms with Gasteiger partial charge in [0.2, 0.25) is 15.8 Å². The number of halogens is 3. The molecule has 1 N–H and O–H groups in total.